The molecular formula is C20H21BrN6O2. The van der Waals surface area contributed by atoms with E-state index in [9.17, 15) is 9.59 Å². The molecule has 0 saturated heterocycles. The van der Waals surface area contributed by atoms with Crippen LogP contribution in [0.5, 0.6) is 0 Å². The van der Waals surface area contributed by atoms with Gasteiger partial charge >= 0.3 is 6.03 Å². The number of hydrogen-bond donors (Lipinski definition) is 3. The number of nitrogens with two attached hydrogens (primary N) is 1. The lowest BCUT2D eigenvalue weighted by atomic mass is 10.0. The van der Waals surface area contributed by atoms with Crippen molar-refractivity contribution in [3.8, 4) is 5.69 Å². The molecule has 1 heterocycles. The second-order valence-electron chi connectivity index (χ2n) is 6.54. The maximum absolute atomic E-state index is 12.6. The van der Waals surface area contributed by atoms with Gasteiger partial charge in [-0.05, 0) is 42.3 Å². The maximum atomic E-state index is 12.6. The van der Waals surface area contributed by atoms with Gasteiger partial charge in [0.15, 0.2) is 0 Å². The van der Waals surface area contributed by atoms with Gasteiger partial charge in [-0.25, -0.2) is 14.5 Å². The number of carbonyl (C=O) groups excluding carboxylic acids is 2. The number of benzene rings is 2. The summed E-state index contributed by atoms with van der Waals surface area (Å²) in [5.41, 5.74) is 7.90. The normalized spacial score (nSPS) is 12.8. The number of rotatable bonds is 7. The summed E-state index contributed by atoms with van der Waals surface area (Å²) in [6, 6.07) is 13.7. The van der Waals surface area contributed by atoms with Crippen molar-refractivity contribution in [2.75, 3.05) is 0 Å². The molecule has 2 atom stereocenters. The van der Waals surface area contributed by atoms with Crippen LogP contribution in [0, 0.1) is 0 Å². The van der Waals surface area contributed by atoms with Crippen LogP contribution >= 0.6 is 15.9 Å². The summed E-state index contributed by atoms with van der Waals surface area (Å²) in [6.07, 6.45) is 3.16. The lowest BCUT2D eigenvalue weighted by Gasteiger charge is -2.20. The van der Waals surface area contributed by atoms with Crippen molar-refractivity contribution < 1.29 is 9.59 Å². The highest BCUT2D eigenvalue weighted by Crippen LogP contribution is 2.22. The first-order valence-electron chi connectivity index (χ1n) is 8.98. The van der Waals surface area contributed by atoms with E-state index >= 15 is 0 Å². The van der Waals surface area contributed by atoms with Gasteiger partial charge in [0.1, 0.15) is 12.7 Å². The van der Waals surface area contributed by atoms with Gasteiger partial charge in [0, 0.05) is 4.47 Å². The Bertz CT molecular complexity index is 975. The van der Waals surface area contributed by atoms with Crippen LogP contribution in [-0.2, 0) is 4.79 Å². The topological polar surface area (TPSA) is 115 Å². The molecule has 0 spiro atoms. The Balaban J connectivity index is 1.65. The monoisotopic (exact) mass is 456 g/mol. The van der Waals surface area contributed by atoms with E-state index in [-0.39, 0.29) is 18.4 Å². The lowest BCUT2D eigenvalue weighted by molar-refractivity contribution is -0.122. The average molecular weight is 457 g/mol. The quantitative estimate of drug-likeness (QED) is 0.506. The molecule has 2 unspecified atom stereocenters. The molecule has 9 heteroatoms. The third-order valence-corrected chi connectivity index (χ3v) is 4.90. The number of hydrogen-bond acceptors (Lipinski definition) is 4. The Kier molecular flexibility index (Phi) is 6.61. The minimum absolute atomic E-state index is 0.0702. The molecule has 0 aliphatic carbocycles. The fraction of sp³-hybridized carbons (Fsp3) is 0.200. The first-order chi connectivity index (χ1) is 13.9. The molecule has 0 aliphatic rings. The van der Waals surface area contributed by atoms with Crippen LogP contribution in [0.4, 0.5) is 4.79 Å². The van der Waals surface area contributed by atoms with Crippen molar-refractivity contribution in [2.24, 2.45) is 5.73 Å². The number of nitrogens with one attached hydrogen (secondary N) is 2. The van der Waals surface area contributed by atoms with Gasteiger partial charge in [0.05, 0.1) is 24.2 Å². The molecule has 3 aromatic rings. The van der Waals surface area contributed by atoms with E-state index in [1.54, 1.807) is 11.0 Å². The van der Waals surface area contributed by atoms with Gasteiger partial charge in [-0.1, -0.05) is 40.2 Å². The number of aromatic nitrogens is 3. The molecule has 0 aliphatic heterocycles. The molecule has 4 N–H and O–H groups in total. The van der Waals surface area contributed by atoms with E-state index in [1.807, 2.05) is 55.5 Å². The minimum atomic E-state index is -0.681. The predicted molar refractivity (Wildman–Crippen MR) is 112 cm³/mol. The molecule has 3 rings (SSSR count). The maximum Gasteiger partial charge on any atom is 0.312 e. The van der Waals surface area contributed by atoms with Crippen molar-refractivity contribution in [2.45, 2.75) is 25.4 Å². The Morgan fingerprint density at radius 1 is 1.14 bits per heavy atom. The van der Waals surface area contributed by atoms with Crippen LogP contribution in [0.3, 0.4) is 0 Å². The first kappa shape index (κ1) is 20.5. The fourth-order valence-corrected chi connectivity index (χ4v) is 3.39. The highest BCUT2D eigenvalue weighted by Gasteiger charge is 2.19. The third-order valence-electron chi connectivity index (χ3n) is 4.41. The van der Waals surface area contributed by atoms with Crippen LogP contribution in [0.15, 0.2) is 65.7 Å². The molecule has 2 aromatic carbocycles. The van der Waals surface area contributed by atoms with Crippen LogP contribution in [0.1, 0.15) is 36.6 Å². The Morgan fingerprint density at radius 2 is 1.90 bits per heavy atom. The summed E-state index contributed by atoms with van der Waals surface area (Å²) >= 11 is 3.40. The van der Waals surface area contributed by atoms with E-state index in [0.717, 1.165) is 21.3 Å². The zero-order chi connectivity index (χ0) is 20.8. The standard InChI is InChI=1S/C20H21BrN6O2/c1-13(14-5-7-17(8-6-14)27-12-23-11-24-27)25-19(28)10-18(26-20(22)29)15-3-2-4-16(21)9-15/h2-9,11-13,18H,10H2,1H3,(H,25,28)(H3,22,26,29). The van der Waals surface area contributed by atoms with Gasteiger partial charge in [-0.15, -0.1) is 0 Å². The molecule has 8 nitrogen and oxygen atoms in total. The molecular weight excluding hydrogens is 436 g/mol. The third kappa shape index (κ3) is 5.64. The predicted octanol–water partition coefficient (Wildman–Crippen LogP) is 3.01. The van der Waals surface area contributed by atoms with Gasteiger partial charge in [-0.2, -0.15) is 5.10 Å². The van der Waals surface area contributed by atoms with Crippen molar-refractivity contribution >= 4 is 27.9 Å². The van der Waals surface area contributed by atoms with Crippen LogP contribution in [-0.4, -0.2) is 26.7 Å². The zero-order valence-electron chi connectivity index (χ0n) is 15.7. The Labute approximate surface area is 176 Å². The summed E-state index contributed by atoms with van der Waals surface area (Å²) in [6.45, 7) is 1.90. The number of halogens is 1. The molecule has 0 fully saturated rings. The Hall–Kier alpha value is -3.20. The number of urea groups is 1. The van der Waals surface area contributed by atoms with Gasteiger partial charge in [0.2, 0.25) is 5.91 Å². The van der Waals surface area contributed by atoms with E-state index in [2.05, 4.69) is 36.6 Å². The lowest BCUT2D eigenvalue weighted by Crippen LogP contribution is -2.37. The number of primary amides is 1. The summed E-state index contributed by atoms with van der Waals surface area (Å²) in [7, 11) is 0. The highest BCUT2D eigenvalue weighted by atomic mass is 79.9. The van der Waals surface area contributed by atoms with Crippen LogP contribution < -0.4 is 16.4 Å². The van der Waals surface area contributed by atoms with E-state index in [1.165, 1.54) is 6.33 Å². The molecule has 0 saturated carbocycles. The van der Waals surface area contributed by atoms with E-state index in [4.69, 9.17) is 5.73 Å². The molecule has 1 aromatic heterocycles. The molecule has 0 bridgehead atoms. The summed E-state index contributed by atoms with van der Waals surface area (Å²) < 4.78 is 2.51. The SMILES string of the molecule is CC(NC(=O)CC(NC(N)=O)c1cccc(Br)c1)c1ccc(-n2cncn2)cc1. The van der Waals surface area contributed by atoms with E-state index in [0.29, 0.717) is 0 Å². The highest BCUT2D eigenvalue weighted by molar-refractivity contribution is 9.10. The minimum Gasteiger partial charge on any atom is -0.352 e. The number of carbonyl (C=O) groups is 2. The smallest absolute Gasteiger partial charge is 0.312 e. The first-order valence-corrected chi connectivity index (χ1v) is 9.77. The average Bonchev–Trinajstić information content (AvgIpc) is 3.22. The second kappa shape index (κ2) is 9.33. The zero-order valence-corrected chi connectivity index (χ0v) is 17.3. The van der Waals surface area contributed by atoms with Crippen molar-refractivity contribution in [1.29, 1.82) is 0 Å². The number of amides is 3. The van der Waals surface area contributed by atoms with Crippen molar-refractivity contribution in [1.82, 2.24) is 25.4 Å². The summed E-state index contributed by atoms with van der Waals surface area (Å²) in [4.78, 5) is 27.9. The largest absolute Gasteiger partial charge is 0.352 e. The van der Waals surface area contributed by atoms with E-state index < -0.39 is 12.1 Å². The summed E-state index contributed by atoms with van der Waals surface area (Å²) in [5.74, 6) is -0.198. The van der Waals surface area contributed by atoms with Gasteiger partial charge in [0.25, 0.3) is 0 Å². The fourth-order valence-electron chi connectivity index (χ4n) is 2.97. The molecule has 3 amide bonds. The van der Waals surface area contributed by atoms with Crippen LogP contribution in [0.2, 0.25) is 0 Å². The molecule has 150 valence electrons. The van der Waals surface area contributed by atoms with Crippen molar-refractivity contribution in [3.05, 3.63) is 76.8 Å². The van der Waals surface area contributed by atoms with Crippen LogP contribution in [0.25, 0.3) is 5.69 Å². The van der Waals surface area contributed by atoms with Gasteiger partial charge in [-0.3, -0.25) is 4.79 Å². The number of nitrogens with zero attached hydrogens (tertiary/aromatic N) is 3. The second-order valence-corrected chi connectivity index (χ2v) is 7.46. The molecule has 0 radical (unpaired) electrons. The molecule has 29 heavy (non-hydrogen) atoms. The van der Waals surface area contributed by atoms with Crippen molar-refractivity contribution in [3.63, 3.8) is 0 Å². The van der Waals surface area contributed by atoms with Gasteiger partial charge < -0.3 is 16.4 Å². The summed E-state index contributed by atoms with van der Waals surface area (Å²) in [5, 5.41) is 9.68. The Morgan fingerprint density at radius 3 is 2.52 bits per heavy atom.